The highest BCUT2D eigenvalue weighted by molar-refractivity contribution is 6.09. The molecule has 0 radical (unpaired) electrons. The predicted octanol–water partition coefficient (Wildman–Crippen LogP) is 0.456. The largest absolute Gasteiger partial charge is 0.395 e. The maximum absolute atomic E-state index is 12.2. The van der Waals surface area contributed by atoms with Gasteiger partial charge < -0.3 is 15.3 Å². The van der Waals surface area contributed by atoms with E-state index < -0.39 is 5.92 Å². The highest BCUT2D eigenvalue weighted by Gasteiger charge is 2.37. The van der Waals surface area contributed by atoms with Crippen LogP contribution in [-0.4, -0.2) is 36.6 Å². The number of amides is 2. The van der Waals surface area contributed by atoms with Crippen LogP contribution in [0.4, 0.5) is 5.69 Å². The Balaban J connectivity index is 2.05. The Morgan fingerprint density at radius 2 is 2.11 bits per heavy atom. The molecule has 1 fully saturated rings. The van der Waals surface area contributed by atoms with Gasteiger partial charge >= 0.3 is 0 Å². The molecule has 2 amide bonds. The second-order valence-electron chi connectivity index (χ2n) is 4.68. The summed E-state index contributed by atoms with van der Waals surface area (Å²) in [5.41, 5.74) is 1.96. The van der Waals surface area contributed by atoms with Crippen LogP contribution in [0.1, 0.15) is 12.0 Å². The highest BCUT2D eigenvalue weighted by atomic mass is 16.3. The van der Waals surface area contributed by atoms with E-state index in [9.17, 15) is 9.59 Å². The first-order chi connectivity index (χ1) is 9.13. The van der Waals surface area contributed by atoms with Crippen molar-refractivity contribution in [2.24, 2.45) is 5.92 Å². The van der Waals surface area contributed by atoms with Crippen molar-refractivity contribution < 1.29 is 14.7 Å². The molecule has 1 aromatic carbocycles. The number of hydrogen-bond donors (Lipinski definition) is 2. The predicted molar refractivity (Wildman–Crippen MR) is 71.7 cm³/mol. The molecule has 0 bridgehead atoms. The molecule has 0 aliphatic carbocycles. The molecule has 5 heteroatoms. The lowest BCUT2D eigenvalue weighted by atomic mass is 10.1. The van der Waals surface area contributed by atoms with Crippen molar-refractivity contribution in [3.05, 3.63) is 29.8 Å². The van der Waals surface area contributed by atoms with Crippen molar-refractivity contribution in [1.82, 2.24) is 5.32 Å². The van der Waals surface area contributed by atoms with E-state index in [0.717, 1.165) is 11.3 Å². The lowest BCUT2D eigenvalue weighted by molar-refractivity contribution is -0.132. The van der Waals surface area contributed by atoms with E-state index in [0.29, 0.717) is 13.0 Å². The second-order valence-corrected chi connectivity index (χ2v) is 4.68. The molecule has 1 heterocycles. The van der Waals surface area contributed by atoms with Crippen LogP contribution in [-0.2, 0) is 9.59 Å². The summed E-state index contributed by atoms with van der Waals surface area (Å²) in [5, 5.41) is 11.2. The Bertz CT molecular complexity index is 470. The Labute approximate surface area is 112 Å². The maximum Gasteiger partial charge on any atom is 0.239 e. The average molecular weight is 262 g/mol. The van der Waals surface area contributed by atoms with Crippen LogP contribution in [0.25, 0.3) is 0 Å². The van der Waals surface area contributed by atoms with Gasteiger partial charge in [0.15, 0.2) is 0 Å². The van der Waals surface area contributed by atoms with Crippen LogP contribution in [0, 0.1) is 12.8 Å². The van der Waals surface area contributed by atoms with Crippen LogP contribution in [0.5, 0.6) is 0 Å². The molecule has 1 aliphatic rings. The van der Waals surface area contributed by atoms with Gasteiger partial charge in [-0.25, -0.2) is 0 Å². The van der Waals surface area contributed by atoms with E-state index in [1.54, 1.807) is 4.90 Å². The fourth-order valence-corrected chi connectivity index (χ4v) is 2.21. The lowest BCUT2D eigenvalue weighted by Crippen LogP contribution is -2.37. The Morgan fingerprint density at radius 1 is 1.42 bits per heavy atom. The molecule has 19 heavy (non-hydrogen) atoms. The molecule has 2 rings (SSSR count). The smallest absolute Gasteiger partial charge is 0.239 e. The number of aryl methyl sites for hydroxylation is 1. The number of carbonyl (C=O) groups is 2. The van der Waals surface area contributed by atoms with Gasteiger partial charge in [-0.15, -0.1) is 0 Å². The van der Waals surface area contributed by atoms with E-state index in [-0.39, 0.29) is 25.0 Å². The van der Waals surface area contributed by atoms with Crippen molar-refractivity contribution in [2.75, 3.05) is 24.6 Å². The van der Waals surface area contributed by atoms with Gasteiger partial charge in [0.1, 0.15) is 5.92 Å². The van der Waals surface area contributed by atoms with Crippen LogP contribution in [0.2, 0.25) is 0 Å². The molecule has 1 unspecified atom stereocenters. The molecular weight excluding hydrogens is 244 g/mol. The normalized spacial score (nSPS) is 18.7. The van der Waals surface area contributed by atoms with Gasteiger partial charge in [0, 0.05) is 18.8 Å². The Hall–Kier alpha value is -1.88. The Kier molecular flexibility index (Phi) is 4.16. The van der Waals surface area contributed by atoms with Crippen molar-refractivity contribution in [2.45, 2.75) is 13.3 Å². The highest BCUT2D eigenvalue weighted by Crippen LogP contribution is 2.25. The number of rotatable bonds is 4. The van der Waals surface area contributed by atoms with Crippen molar-refractivity contribution >= 4 is 17.5 Å². The standard InChI is InChI=1S/C14H18N2O3/c1-10-2-4-11(5-3-10)16-8-6-12(14(16)19)13(18)15-7-9-17/h2-5,12,17H,6-9H2,1H3,(H,15,18). The summed E-state index contributed by atoms with van der Waals surface area (Å²) >= 11 is 0. The summed E-state index contributed by atoms with van der Waals surface area (Å²) in [5.74, 6) is -1.10. The van der Waals surface area contributed by atoms with Gasteiger partial charge in [-0.2, -0.15) is 0 Å². The summed E-state index contributed by atoms with van der Waals surface area (Å²) in [7, 11) is 0. The number of benzene rings is 1. The Morgan fingerprint density at radius 3 is 2.74 bits per heavy atom. The number of anilines is 1. The lowest BCUT2D eigenvalue weighted by Gasteiger charge is -2.16. The third kappa shape index (κ3) is 2.93. The van der Waals surface area contributed by atoms with Crippen molar-refractivity contribution in [3.63, 3.8) is 0 Å². The number of carbonyl (C=O) groups excluding carboxylic acids is 2. The van der Waals surface area contributed by atoms with Gasteiger partial charge in [0.25, 0.3) is 0 Å². The SMILES string of the molecule is Cc1ccc(N2CCC(C(=O)NCCO)C2=O)cc1. The molecule has 1 aromatic rings. The van der Waals surface area contributed by atoms with E-state index in [1.165, 1.54) is 0 Å². The third-order valence-electron chi connectivity index (χ3n) is 3.28. The van der Waals surface area contributed by atoms with Gasteiger partial charge in [0.05, 0.1) is 6.61 Å². The number of nitrogens with zero attached hydrogens (tertiary/aromatic N) is 1. The number of aliphatic hydroxyl groups excluding tert-OH is 1. The van der Waals surface area contributed by atoms with Gasteiger partial charge in [0.2, 0.25) is 11.8 Å². The molecule has 0 aromatic heterocycles. The monoisotopic (exact) mass is 262 g/mol. The number of nitrogens with one attached hydrogen (secondary N) is 1. The minimum atomic E-state index is -0.632. The van der Waals surface area contributed by atoms with Crippen molar-refractivity contribution in [3.8, 4) is 0 Å². The molecule has 102 valence electrons. The molecule has 1 atom stereocenters. The maximum atomic E-state index is 12.2. The quantitative estimate of drug-likeness (QED) is 0.774. The molecule has 5 nitrogen and oxygen atoms in total. The van der Waals surface area contributed by atoms with Crippen LogP contribution >= 0.6 is 0 Å². The van der Waals surface area contributed by atoms with E-state index in [2.05, 4.69) is 5.32 Å². The third-order valence-corrected chi connectivity index (χ3v) is 3.28. The first-order valence-corrected chi connectivity index (χ1v) is 6.40. The minimum absolute atomic E-state index is 0.117. The van der Waals surface area contributed by atoms with Gasteiger partial charge in [-0.1, -0.05) is 17.7 Å². The topological polar surface area (TPSA) is 69.6 Å². The van der Waals surface area contributed by atoms with Crippen LogP contribution < -0.4 is 10.2 Å². The minimum Gasteiger partial charge on any atom is -0.395 e. The summed E-state index contributed by atoms with van der Waals surface area (Å²) < 4.78 is 0. The molecule has 0 spiro atoms. The van der Waals surface area contributed by atoms with Gasteiger partial charge in [-0.05, 0) is 25.5 Å². The number of aliphatic hydroxyl groups is 1. The average Bonchev–Trinajstić information content (AvgIpc) is 2.79. The van der Waals surface area contributed by atoms with Crippen LogP contribution in [0.3, 0.4) is 0 Å². The van der Waals surface area contributed by atoms with Gasteiger partial charge in [-0.3, -0.25) is 9.59 Å². The molecular formula is C14H18N2O3. The van der Waals surface area contributed by atoms with E-state index in [1.807, 2.05) is 31.2 Å². The first-order valence-electron chi connectivity index (χ1n) is 6.40. The summed E-state index contributed by atoms with van der Waals surface area (Å²) in [6, 6.07) is 7.67. The molecule has 0 saturated carbocycles. The molecule has 1 aliphatic heterocycles. The fourth-order valence-electron chi connectivity index (χ4n) is 2.21. The fraction of sp³-hybridized carbons (Fsp3) is 0.429. The number of hydrogen-bond acceptors (Lipinski definition) is 3. The summed E-state index contributed by atoms with van der Waals surface area (Å²) in [4.78, 5) is 25.6. The molecule has 2 N–H and O–H groups in total. The second kappa shape index (κ2) is 5.84. The zero-order chi connectivity index (χ0) is 13.8. The van der Waals surface area contributed by atoms with E-state index >= 15 is 0 Å². The summed E-state index contributed by atoms with van der Waals surface area (Å²) in [6.45, 7) is 2.61. The zero-order valence-corrected chi connectivity index (χ0v) is 10.9. The van der Waals surface area contributed by atoms with E-state index in [4.69, 9.17) is 5.11 Å². The summed E-state index contributed by atoms with van der Waals surface area (Å²) in [6.07, 6.45) is 0.518. The first kappa shape index (κ1) is 13.5. The van der Waals surface area contributed by atoms with Crippen molar-refractivity contribution in [1.29, 1.82) is 0 Å². The van der Waals surface area contributed by atoms with Crippen LogP contribution in [0.15, 0.2) is 24.3 Å². The molecule has 1 saturated heterocycles. The zero-order valence-electron chi connectivity index (χ0n) is 10.9.